The zero-order valence-electron chi connectivity index (χ0n) is 4.94. The lowest BCUT2D eigenvalue weighted by molar-refractivity contribution is 0.434. The molecule has 0 atom stereocenters. The number of phenolic OH excluding ortho intramolecular Hbond substituents is 1. The van der Waals surface area contributed by atoms with Gasteiger partial charge in [0.05, 0.1) is 5.69 Å². The largest absolute Gasteiger partial charge is 0.505 e. The second-order valence-electron chi connectivity index (χ2n) is 1.79. The Morgan fingerprint density at radius 2 is 2.10 bits per heavy atom. The van der Waals surface area contributed by atoms with E-state index in [0.29, 0.717) is 3.57 Å². The standard InChI is InChI=1S/C6H5FINO/c7-5-4(10)2-1-3(8)6(5)9/h1-2,10H,9H2. The number of hydrogen-bond donors (Lipinski definition) is 2. The van der Waals surface area contributed by atoms with E-state index in [1.807, 2.05) is 22.6 Å². The maximum absolute atomic E-state index is 12.6. The van der Waals surface area contributed by atoms with Crippen LogP contribution in [0.3, 0.4) is 0 Å². The van der Waals surface area contributed by atoms with Crippen LogP contribution >= 0.6 is 22.6 Å². The number of rotatable bonds is 0. The van der Waals surface area contributed by atoms with Gasteiger partial charge in [-0.15, -0.1) is 0 Å². The lowest BCUT2D eigenvalue weighted by atomic mass is 10.3. The van der Waals surface area contributed by atoms with E-state index in [1.54, 1.807) is 6.07 Å². The van der Waals surface area contributed by atoms with Crippen molar-refractivity contribution in [2.45, 2.75) is 0 Å². The summed E-state index contributed by atoms with van der Waals surface area (Å²) in [5, 5.41) is 8.77. The van der Waals surface area contributed by atoms with Crippen LogP contribution in [0.1, 0.15) is 0 Å². The van der Waals surface area contributed by atoms with Crippen molar-refractivity contribution in [2.24, 2.45) is 0 Å². The first-order chi connectivity index (χ1) is 4.63. The zero-order chi connectivity index (χ0) is 7.72. The topological polar surface area (TPSA) is 46.2 Å². The molecule has 0 saturated heterocycles. The Bertz CT molecular complexity index is 237. The molecule has 1 aromatic carbocycles. The second-order valence-corrected chi connectivity index (χ2v) is 2.96. The molecule has 0 fully saturated rings. The van der Waals surface area contributed by atoms with Crippen molar-refractivity contribution >= 4 is 28.3 Å². The van der Waals surface area contributed by atoms with Crippen molar-refractivity contribution in [1.29, 1.82) is 0 Å². The fraction of sp³-hybridized carbons (Fsp3) is 0. The molecule has 0 aliphatic carbocycles. The van der Waals surface area contributed by atoms with Gasteiger partial charge < -0.3 is 10.8 Å². The lowest BCUT2D eigenvalue weighted by Crippen LogP contribution is -1.93. The van der Waals surface area contributed by atoms with E-state index in [2.05, 4.69) is 0 Å². The van der Waals surface area contributed by atoms with Gasteiger partial charge in [0.15, 0.2) is 11.6 Å². The van der Waals surface area contributed by atoms with E-state index in [9.17, 15) is 4.39 Å². The highest BCUT2D eigenvalue weighted by atomic mass is 127. The van der Waals surface area contributed by atoms with Crippen LogP contribution in [0.2, 0.25) is 0 Å². The highest BCUT2D eigenvalue weighted by Gasteiger charge is 2.06. The maximum atomic E-state index is 12.6. The number of hydrogen-bond acceptors (Lipinski definition) is 2. The molecule has 2 nitrogen and oxygen atoms in total. The molecule has 0 unspecified atom stereocenters. The molecule has 0 bridgehead atoms. The van der Waals surface area contributed by atoms with Gasteiger partial charge in [-0.1, -0.05) is 0 Å². The minimum Gasteiger partial charge on any atom is -0.505 e. The summed E-state index contributed by atoms with van der Waals surface area (Å²) in [6, 6.07) is 2.82. The molecule has 3 N–H and O–H groups in total. The predicted molar refractivity (Wildman–Crippen MR) is 45.2 cm³/mol. The van der Waals surface area contributed by atoms with Crippen molar-refractivity contribution in [2.75, 3.05) is 5.73 Å². The normalized spacial score (nSPS) is 9.80. The van der Waals surface area contributed by atoms with E-state index < -0.39 is 11.6 Å². The van der Waals surface area contributed by atoms with Crippen LogP contribution in [0.15, 0.2) is 12.1 Å². The minimum absolute atomic E-state index is 0.000556. The fourth-order valence-corrected chi connectivity index (χ4v) is 0.974. The van der Waals surface area contributed by atoms with Crippen LogP contribution in [-0.2, 0) is 0 Å². The van der Waals surface area contributed by atoms with E-state index in [0.717, 1.165) is 0 Å². The molecule has 54 valence electrons. The number of benzene rings is 1. The average Bonchev–Trinajstić information content (AvgIpc) is 1.93. The van der Waals surface area contributed by atoms with Crippen LogP contribution in [0.4, 0.5) is 10.1 Å². The lowest BCUT2D eigenvalue weighted by Gasteiger charge is -2.00. The Kier molecular flexibility index (Phi) is 1.98. The number of nitrogen functional groups attached to an aromatic ring is 1. The Morgan fingerprint density at radius 3 is 2.60 bits per heavy atom. The summed E-state index contributed by atoms with van der Waals surface area (Å²) in [5.74, 6) is -1.15. The third-order valence-corrected chi connectivity index (χ3v) is 2.05. The van der Waals surface area contributed by atoms with Crippen LogP contribution in [0.25, 0.3) is 0 Å². The SMILES string of the molecule is Nc1c(I)ccc(O)c1F. The fourth-order valence-electron chi connectivity index (χ4n) is 0.558. The summed E-state index contributed by atoms with van der Waals surface area (Å²) in [4.78, 5) is 0. The zero-order valence-corrected chi connectivity index (χ0v) is 7.09. The Balaban J connectivity index is 3.34. The van der Waals surface area contributed by atoms with Gasteiger partial charge >= 0.3 is 0 Å². The molecule has 0 aliphatic rings. The van der Waals surface area contributed by atoms with E-state index >= 15 is 0 Å². The summed E-state index contributed by atoms with van der Waals surface area (Å²) >= 11 is 1.89. The second kappa shape index (κ2) is 2.61. The number of anilines is 1. The van der Waals surface area contributed by atoms with Crippen LogP contribution in [0.5, 0.6) is 5.75 Å². The van der Waals surface area contributed by atoms with Crippen molar-refractivity contribution in [1.82, 2.24) is 0 Å². The summed E-state index contributed by atoms with van der Waals surface area (Å²) in [5.41, 5.74) is 5.24. The van der Waals surface area contributed by atoms with Crippen LogP contribution in [-0.4, -0.2) is 5.11 Å². The molecule has 0 aromatic heterocycles. The molecule has 4 heteroatoms. The third-order valence-electron chi connectivity index (χ3n) is 1.11. The summed E-state index contributed by atoms with van der Waals surface area (Å²) in [6.45, 7) is 0. The van der Waals surface area contributed by atoms with Crippen molar-refractivity contribution < 1.29 is 9.50 Å². The van der Waals surface area contributed by atoms with Gasteiger partial charge in [-0.25, -0.2) is 4.39 Å². The summed E-state index contributed by atoms with van der Waals surface area (Å²) < 4.78 is 13.2. The number of phenols is 1. The van der Waals surface area contributed by atoms with Gasteiger partial charge in [-0.2, -0.15) is 0 Å². The minimum atomic E-state index is -0.744. The number of nitrogens with two attached hydrogens (primary N) is 1. The van der Waals surface area contributed by atoms with Crippen molar-refractivity contribution in [3.63, 3.8) is 0 Å². The predicted octanol–water partition coefficient (Wildman–Crippen LogP) is 1.72. The highest BCUT2D eigenvalue weighted by Crippen LogP contribution is 2.25. The van der Waals surface area contributed by atoms with Gasteiger partial charge in [-0.3, -0.25) is 0 Å². The first kappa shape index (κ1) is 7.59. The average molecular weight is 253 g/mol. The summed E-state index contributed by atoms with van der Waals surface area (Å²) in [7, 11) is 0. The van der Waals surface area contributed by atoms with Gasteiger partial charge in [0, 0.05) is 3.57 Å². The van der Waals surface area contributed by atoms with Crippen LogP contribution < -0.4 is 5.73 Å². The van der Waals surface area contributed by atoms with Crippen LogP contribution in [0, 0.1) is 9.39 Å². The molecule has 1 aromatic rings. The quantitative estimate of drug-likeness (QED) is 0.546. The smallest absolute Gasteiger partial charge is 0.188 e. The molecule has 0 saturated carbocycles. The Hall–Kier alpha value is -0.520. The molecule has 0 amide bonds. The van der Waals surface area contributed by atoms with Gasteiger partial charge in [0.1, 0.15) is 0 Å². The Morgan fingerprint density at radius 1 is 1.50 bits per heavy atom. The number of halogens is 2. The monoisotopic (exact) mass is 253 g/mol. The summed E-state index contributed by atoms with van der Waals surface area (Å²) in [6.07, 6.45) is 0. The molecule has 0 heterocycles. The number of aromatic hydroxyl groups is 1. The van der Waals surface area contributed by atoms with Crippen molar-refractivity contribution in [3.05, 3.63) is 21.5 Å². The highest BCUT2D eigenvalue weighted by molar-refractivity contribution is 14.1. The molecule has 0 radical (unpaired) electrons. The maximum Gasteiger partial charge on any atom is 0.188 e. The molecular weight excluding hydrogens is 248 g/mol. The molecule has 1 rings (SSSR count). The van der Waals surface area contributed by atoms with Gasteiger partial charge in [0.25, 0.3) is 0 Å². The molecular formula is C6H5FINO. The molecule has 0 spiro atoms. The van der Waals surface area contributed by atoms with Crippen molar-refractivity contribution in [3.8, 4) is 5.75 Å². The van der Waals surface area contributed by atoms with E-state index in [-0.39, 0.29) is 5.69 Å². The van der Waals surface area contributed by atoms with Gasteiger partial charge in [0.2, 0.25) is 0 Å². The molecule has 0 aliphatic heterocycles. The first-order valence-corrected chi connectivity index (χ1v) is 3.63. The third kappa shape index (κ3) is 1.16. The molecule has 10 heavy (non-hydrogen) atoms. The first-order valence-electron chi connectivity index (χ1n) is 2.55. The Labute approximate surface area is 71.0 Å². The van der Waals surface area contributed by atoms with Gasteiger partial charge in [-0.05, 0) is 34.7 Å². The van der Waals surface area contributed by atoms with E-state index in [4.69, 9.17) is 10.8 Å². The van der Waals surface area contributed by atoms with E-state index in [1.165, 1.54) is 6.07 Å².